The molecule has 21 heavy (non-hydrogen) atoms. The largest absolute Gasteiger partial charge is 0.507 e. The van der Waals surface area contributed by atoms with Gasteiger partial charge in [0.05, 0.1) is 10.5 Å². The van der Waals surface area contributed by atoms with Gasteiger partial charge in [-0.25, -0.2) is 0 Å². The number of carbonyl (C=O) groups is 1. The van der Waals surface area contributed by atoms with Crippen LogP contribution in [0.1, 0.15) is 10.4 Å². The predicted molar refractivity (Wildman–Crippen MR) is 79.2 cm³/mol. The van der Waals surface area contributed by atoms with E-state index < -0.39 is 10.8 Å². The van der Waals surface area contributed by atoms with Crippen LogP contribution in [0.4, 0.5) is 11.4 Å². The molecule has 108 valence electrons. The van der Waals surface area contributed by atoms with Crippen LogP contribution in [0, 0.1) is 10.1 Å². The maximum absolute atomic E-state index is 12.0. The molecule has 2 aromatic rings. The summed E-state index contributed by atoms with van der Waals surface area (Å²) < 4.78 is 0. The van der Waals surface area contributed by atoms with E-state index in [-0.39, 0.29) is 27.7 Å². The third-order valence-electron chi connectivity index (χ3n) is 2.61. The van der Waals surface area contributed by atoms with Crippen molar-refractivity contribution in [3.63, 3.8) is 0 Å². The molecule has 0 radical (unpaired) electrons. The maximum Gasteiger partial charge on any atom is 0.288 e. The molecule has 0 heterocycles. The van der Waals surface area contributed by atoms with Crippen molar-refractivity contribution in [2.45, 2.75) is 0 Å². The van der Waals surface area contributed by atoms with E-state index in [1.54, 1.807) is 0 Å². The second-order valence-electron chi connectivity index (χ2n) is 4.04. The van der Waals surface area contributed by atoms with Crippen LogP contribution in [0.3, 0.4) is 0 Å². The number of carbonyl (C=O) groups excluding carboxylic acids is 1. The molecule has 0 unspecified atom stereocenters. The summed E-state index contributed by atoms with van der Waals surface area (Å²) in [4.78, 5) is 22.0. The summed E-state index contributed by atoms with van der Waals surface area (Å²) in [5.74, 6) is -0.859. The van der Waals surface area contributed by atoms with Crippen LogP contribution in [-0.4, -0.2) is 15.9 Å². The fourth-order valence-electron chi connectivity index (χ4n) is 1.63. The number of halogens is 2. The van der Waals surface area contributed by atoms with Gasteiger partial charge in [-0.2, -0.15) is 0 Å². The zero-order valence-corrected chi connectivity index (χ0v) is 11.9. The zero-order valence-electron chi connectivity index (χ0n) is 10.3. The third kappa shape index (κ3) is 3.42. The van der Waals surface area contributed by atoms with E-state index in [1.807, 2.05) is 0 Å². The molecule has 0 fully saturated rings. The first-order valence-electron chi connectivity index (χ1n) is 5.62. The highest BCUT2D eigenvalue weighted by Crippen LogP contribution is 2.28. The van der Waals surface area contributed by atoms with Gasteiger partial charge in [0.25, 0.3) is 11.6 Å². The average molecular weight is 327 g/mol. The fourth-order valence-corrected chi connectivity index (χ4v) is 2.04. The smallest absolute Gasteiger partial charge is 0.288 e. The van der Waals surface area contributed by atoms with Crippen LogP contribution in [-0.2, 0) is 0 Å². The molecule has 0 bridgehead atoms. The van der Waals surface area contributed by atoms with Crippen molar-refractivity contribution in [1.82, 2.24) is 0 Å². The number of nitrogens with one attached hydrogen (secondary N) is 1. The van der Waals surface area contributed by atoms with Crippen molar-refractivity contribution in [2.24, 2.45) is 0 Å². The molecule has 2 rings (SSSR count). The Labute approximate surface area is 129 Å². The van der Waals surface area contributed by atoms with Gasteiger partial charge in [0.2, 0.25) is 0 Å². The molecular weight excluding hydrogens is 319 g/mol. The van der Waals surface area contributed by atoms with Gasteiger partial charge >= 0.3 is 0 Å². The Hall–Kier alpha value is -2.31. The standard InChI is InChI=1S/C13H8Cl2N2O4/c14-7-1-3-9(12(18)5-7)13(19)16-8-2-4-11(17(20)21)10(15)6-8/h1-6,18H,(H,16,19). The number of phenolic OH excluding ortho intramolecular Hbond substituents is 1. The second kappa shape index (κ2) is 5.99. The van der Waals surface area contributed by atoms with E-state index in [4.69, 9.17) is 23.2 Å². The molecule has 0 saturated carbocycles. The number of nitrogens with zero attached hydrogens (tertiary/aromatic N) is 1. The van der Waals surface area contributed by atoms with Crippen LogP contribution in [0.25, 0.3) is 0 Å². The lowest BCUT2D eigenvalue weighted by Crippen LogP contribution is -2.12. The van der Waals surface area contributed by atoms with E-state index in [9.17, 15) is 20.0 Å². The predicted octanol–water partition coefficient (Wildman–Crippen LogP) is 3.86. The maximum atomic E-state index is 12.0. The van der Waals surface area contributed by atoms with E-state index in [0.717, 1.165) is 0 Å². The summed E-state index contributed by atoms with van der Waals surface area (Å²) >= 11 is 11.4. The van der Waals surface area contributed by atoms with Gasteiger partial charge < -0.3 is 10.4 Å². The first kappa shape index (κ1) is 15.1. The highest BCUT2D eigenvalue weighted by Gasteiger charge is 2.15. The number of nitro groups is 1. The molecule has 0 aliphatic heterocycles. The molecule has 0 saturated heterocycles. The number of rotatable bonds is 3. The van der Waals surface area contributed by atoms with Crippen LogP contribution in [0.15, 0.2) is 36.4 Å². The lowest BCUT2D eigenvalue weighted by Gasteiger charge is -2.07. The van der Waals surface area contributed by atoms with Crippen LogP contribution in [0.5, 0.6) is 5.75 Å². The summed E-state index contributed by atoms with van der Waals surface area (Å²) in [6.07, 6.45) is 0. The minimum Gasteiger partial charge on any atom is -0.507 e. The molecule has 0 spiro atoms. The number of amides is 1. The molecule has 2 N–H and O–H groups in total. The van der Waals surface area contributed by atoms with E-state index in [1.165, 1.54) is 36.4 Å². The lowest BCUT2D eigenvalue weighted by molar-refractivity contribution is -0.384. The second-order valence-corrected chi connectivity index (χ2v) is 4.88. The summed E-state index contributed by atoms with van der Waals surface area (Å²) in [5.41, 5.74) is 0.0304. The number of nitro benzene ring substituents is 1. The van der Waals surface area contributed by atoms with Crippen LogP contribution in [0.2, 0.25) is 10.0 Å². The van der Waals surface area contributed by atoms with Crippen molar-refractivity contribution in [1.29, 1.82) is 0 Å². The Morgan fingerprint density at radius 1 is 1.19 bits per heavy atom. The minimum atomic E-state index is -0.626. The molecule has 0 aliphatic carbocycles. The Balaban J connectivity index is 2.23. The summed E-state index contributed by atoms with van der Waals surface area (Å²) in [7, 11) is 0. The van der Waals surface area contributed by atoms with Gasteiger partial charge in [0.1, 0.15) is 10.8 Å². The lowest BCUT2D eigenvalue weighted by atomic mass is 10.2. The third-order valence-corrected chi connectivity index (χ3v) is 3.14. The Morgan fingerprint density at radius 2 is 1.90 bits per heavy atom. The Kier molecular flexibility index (Phi) is 4.30. The molecule has 1 amide bonds. The molecular formula is C13H8Cl2N2O4. The number of anilines is 1. The number of phenols is 1. The van der Waals surface area contributed by atoms with E-state index >= 15 is 0 Å². The monoisotopic (exact) mass is 326 g/mol. The molecule has 2 aromatic carbocycles. The van der Waals surface area contributed by atoms with Crippen molar-refractivity contribution in [3.05, 3.63) is 62.1 Å². The van der Waals surface area contributed by atoms with Crippen molar-refractivity contribution in [3.8, 4) is 5.75 Å². The summed E-state index contributed by atoms with van der Waals surface area (Å²) in [5, 5.41) is 23.0. The van der Waals surface area contributed by atoms with Crippen LogP contribution < -0.4 is 5.32 Å². The quantitative estimate of drug-likeness (QED) is 0.661. The van der Waals surface area contributed by atoms with Crippen molar-refractivity contribution in [2.75, 3.05) is 5.32 Å². The first-order valence-corrected chi connectivity index (χ1v) is 6.38. The van der Waals surface area contributed by atoms with Crippen molar-refractivity contribution < 1.29 is 14.8 Å². The van der Waals surface area contributed by atoms with Gasteiger partial charge in [0.15, 0.2) is 0 Å². The van der Waals surface area contributed by atoms with Gasteiger partial charge in [-0.3, -0.25) is 14.9 Å². The average Bonchev–Trinajstić information content (AvgIpc) is 2.37. The van der Waals surface area contributed by atoms with Gasteiger partial charge in [-0.15, -0.1) is 0 Å². The van der Waals surface area contributed by atoms with Crippen molar-refractivity contribution >= 4 is 40.5 Å². The van der Waals surface area contributed by atoms with E-state index in [0.29, 0.717) is 5.02 Å². The first-order chi connectivity index (χ1) is 9.88. The summed E-state index contributed by atoms with van der Waals surface area (Å²) in [6.45, 7) is 0. The SMILES string of the molecule is O=C(Nc1ccc([N+](=O)[O-])c(Cl)c1)c1ccc(Cl)cc1O. The highest BCUT2D eigenvalue weighted by atomic mass is 35.5. The van der Waals surface area contributed by atoms with Crippen LogP contribution >= 0.6 is 23.2 Å². The molecule has 6 nitrogen and oxygen atoms in total. The van der Waals surface area contributed by atoms with Gasteiger partial charge in [0, 0.05) is 16.8 Å². The molecule has 0 aliphatic rings. The molecule has 0 atom stereocenters. The summed E-state index contributed by atoms with van der Waals surface area (Å²) in [6, 6.07) is 7.83. The number of aromatic hydroxyl groups is 1. The fraction of sp³-hybridized carbons (Fsp3) is 0. The minimum absolute atomic E-state index is 0.0221. The number of hydrogen-bond donors (Lipinski definition) is 2. The van der Waals surface area contributed by atoms with E-state index in [2.05, 4.69) is 5.32 Å². The van der Waals surface area contributed by atoms with Gasteiger partial charge in [-0.05, 0) is 30.3 Å². The molecule has 0 aromatic heterocycles. The number of benzene rings is 2. The highest BCUT2D eigenvalue weighted by molar-refractivity contribution is 6.33. The van der Waals surface area contributed by atoms with Gasteiger partial charge in [-0.1, -0.05) is 23.2 Å². The Bertz CT molecular complexity index is 734. The zero-order chi connectivity index (χ0) is 15.6. The Morgan fingerprint density at radius 3 is 2.48 bits per heavy atom. The molecule has 8 heteroatoms. The normalized spacial score (nSPS) is 10.2. The number of hydrogen-bond acceptors (Lipinski definition) is 4. The topological polar surface area (TPSA) is 92.5 Å².